The predicted molar refractivity (Wildman–Crippen MR) is 147 cm³/mol. The molecule has 2 saturated heterocycles. The van der Waals surface area contributed by atoms with E-state index in [-0.39, 0.29) is 41.1 Å². The minimum Gasteiger partial charge on any atom is -0.444 e. The van der Waals surface area contributed by atoms with Crippen molar-refractivity contribution in [2.24, 2.45) is 17.3 Å². The summed E-state index contributed by atoms with van der Waals surface area (Å²) in [4.78, 5) is 27.7. The van der Waals surface area contributed by atoms with Crippen LogP contribution in [0.15, 0.2) is 30.3 Å². The van der Waals surface area contributed by atoms with Crippen molar-refractivity contribution >= 4 is 19.1 Å². The van der Waals surface area contributed by atoms with Crippen LogP contribution in [0.1, 0.15) is 85.6 Å². The first-order valence-electron chi connectivity index (χ1n) is 14.5. The first-order valence-corrected chi connectivity index (χ1v) is 14.5. The monoisotopic (exact) mass is 524 g/mol. The highest BCUT2D eigenvalue weighted by Gasteiger charge is 2.68. The summed E-state index contributed by atoms with van der Waals surface area (Å²) < 4.78 is 18.9. The number of amides is 2. The summed E-state index contributed by atoms with van der Waals surface area (Å²) in [5, 5.41) is 3.27. The van der Waals surface area contributed by atoms with Crippen LogP contribution in [0.2, 0.25) is 0 Å². The van der Waals surface area contributed by atoms with Gasteiger partial charge < -0.3 is 24.3 Å². The molecule has 3 saturated carbocycles. The Bertz CT molecular complexity index is 1030. The number of likely N-dealkylation sites (tertiary alicyclic amines) is 1. The lowest BCUT2D eigenvalue weighted by atomic mass is 9.43. The van der Waals surface area contributed by atoms with E-state index >= 15 is 0 Å². The van der Waals surface area contributed by atoms with Gasteiger partial charge in [-0.2, -0.15) is 0 Å². The average Bonchev–Trinajstić information content (AvgIpc) is 3.45. The third kappa shape index (κ3) is 5.36. The number of rotatable bonds is 7. The molecule has 5 aliphatic rings. The zero-order chi connectivity index (χ0) is 27.3. The zero-order valence-corrected chi connectivity index (χ0v) is 24.0. The van der Waals surface area contributed by atoms with E-state index in [1.54, 1.807) is 4.90 Å². The molecular formula is C30H45BN2O5. The maximum Gasteiger partial charge on any atom is 0.482 e. The van der Waals surface area contributed by atoms with Crippen LogP contribution in [-0.4, -0.2) is 59.9 Å². The van der Waals surface area contributed by atoms with Crippen molar-refractivity contribution in [2.75, 3.05) is 6.54 Å². The van der Waals surface area contributed by atoms with E-state index in [9.17, 15) is 9.59 Å². The molecule has 6 rings (SSSR count). The average molecular weight is 525 g/mol. The van der Waals surface area contributed by atoms with Crippen LogP contribution in [-0.2, 0) is 25.3 Å². The van der Waals surface area contributed by atoms with E-state index in [2.05, 4.69) is 38.2 Å². The maximum atomic E-state index is 13.3. The van der Waals surface area contributed by atoms with Crippen molar-refractivity contribution in [3.63, 3.8) is 0 Å². The minimum atomic E-state index is -0.531. The van der Waals surface area contributed by atoms with Crippen molar-refractivity contribution in [1.29, 1.82) is 0 Å². The molecule has 2 bridgehead atoms. The lowest BCUT2D eigenvalue weighted by Crippen LogP contribution is -2.65. The van der Waals surface area contributed by atoms with Gasteiger partial charge >= 0.3 is 13.2 Å². The fraction of sp³-hybridized carbons (Fsp3) is 0.733. The van der Waals surface area contributed by atoms with Gasteiger partial charge in [-0.3, -0.25) is 4.79 Å². The lowest BCUT2D eigenvalue weighted by molar-refractivity contribution is -0.199. The van der Waals surface area contributed by atoms with Crippen molar-refractivity contribution in [2.45, 2.75) is 116 Å². The highest BCUT2D eigenvalue weighted by molar-refractivity contribution is 6.48. The molecular weight excluding hydrogens is 479 g/mol. The summed E-state index contributed by atoms with van der Waals surface area (Å²) in [6.07, 6.45) is 5.44. The maximum absolute atomic E-state index is 13.3. The molecule has 0 aromatic heterocycles. The molecule has 6 atom stereocenters. The Labute approximate surface area is 228 Å². The van der Waals surface area contributed by atoms with Crippen LogP contribution in [0.4, 0.5) is 4.79 Å². The summed E-state index contributed by atoms with van der Waals surface area (Å²) in [6.45, 7) is 13.2. The fourth-order valence-electron chi connectivity index (χ4n) is 7.43. The van der Waals surface area contributed by atoms with Gasteiger partial charge in [0.15, 0.2) is 0 Å². The first-order chi connectivity index (χ1) is 17.9. The van der Waals surface area contributed by atoms with Gasteiger partial charge in [0, 0.05) is 19.0 Å². The molecule has 38 heavy (non-hydrogen) atoms. The molecule has 0 spiro atoms. The number of benzene rings is 1. The number of hydrogen-bond donors (Lipinski definition) is 1. The molecule has 2 heterocycles. The van der Waals surface area contributed by atoms with E-state index in [4.69, 9.17) is 14.0 Å². The molecule has 2 amide bonds. The molecule has 8 heteroatoms. The van der Waals surface area contributed by atoms with E-state index < -0.39 is 12.7 Å². The van der Waals surface area contributed by atoms with Crippen LogP contribution < -0.4 is 5.32 Å². The Morgan fingerprint density at radius 3 is 2.61 bits per heavy atom. The highest BCUT2D eigenvalue weighted by Crippen LogP contribution is 2.65. The topological polar surface area (TPSA) is 77.1 Å². The Morgan fingerprint density at radius 1 is 1.18 bits per heavy atom. The molecule has 7 nitrogen and oxygen atoms in total. The smallest absolute Gasteiger partial charge is 0.444 e. The second kappa shape index (κ2) is 10.2. The van der Waals surface area contributed by atoms with Gasteiger partial charge in [0.25, 0.3) is 0 Å². The van der Waals surface area contributed by atoms with Crippen molar-refractivity contribution in [3.8, 4) is 0 Å². The summed E-state index contributed by atoms with van der Waals surface area (Å²) in [7, 11) is -0.478. The highest BCUT2D eigenvalue weighted by atomic mass is 16.7. The van der Waals surface area contributed by atoms with E-state index in [1.165, 1.54) is 6.42 Å². The largest absolute Gasteiger partial charge is 0.482 e. The SMILES string of the molecule is CC(C)(C)OC(=O)N1CCCC1CCC(=O)NC(Cc1ccccc1)B1O[C@@H]2C[C@@H]3C[C@@H](C3(C)C)[C@]2(C)O1. The second-order valence-corrected chi connectivity index (χ2v) is 13.7. The third-order valence-corrected chi connectivity index (χ3v) is 9.65. The predicted octanol–water partition coefficient (Wildman–Crippen LogP) is 5.16. The second-order valence-electron chi connectivity index (χ2n) is 13.7. The summed E-state index contributed by atoms with van der Waals surface area (Å²) in [6, 6.07) is 10.2. The molecule has 2 unspecified atom stereocenters. The molecule has 5 fully saturated rings. The molecule has 1 aromatic carbocycles. The first kappa shape index (κ1) is 27.5. The number of nitrogens with zero attached hydrogens (tertiary/aromatic N) is 1. The zero-order valence-electron chi connectivity index (χ0n) is 24.0. The van der Waals surface area contributed by atoms with E-state index in [1.807, 2.05) is 39.0 Å². The van der Waals surface area contributed by atoms with E-state index in [0.717, 1.165) is 24.8 Å². The summed E-state index contributed by atoms with van der Waals surface area (Å²) in [5.74, 6) is 0.837. The normalized spacial score (nSPS) is 32.4. The summed E-state index contributed by atoms with van der Waals surface area (Å²) >= 11 is 0. The van der Waals surface area contributed by atoms with Crippen LogP contribution in [0.5, 0.6) is 0 Å². The van der Waals surface area contributed by atoms with Crippen molar-refractivity contribution in [1.82, 2.24) is 10.2 Å². The standard InChI is InChI=1S/C30H45BN2O5/c1-28(2,3)36-27(35)33-16-10-13-22(33)14-15-26(34)32-25(17-20-11-8-7-9-12-20)31-37-24-19-21-18-23(29(21,4)5)30(24,6)38-31/h7-9,11-12,21-25H,10,13-19H2,1-6H3,(H,32,34)/t21-,22?,23-,24+,25?,30-/m0/s1. The number of ether oxygens (including phenoxy) is 1. The fourth-order valence-corrected chi connectivity index (χ4v) is 7.43. The number of hydrogen-bond acceptors (Lipinski definition) is 5. The Morgan fingerprint density at radius 2 is 1.92 bits per heavy atom. The lowest BCUT2D eigenvalue weighted by Gasteiger charge is -2.64. The summed E-state index contributed by atoms with van der Waals surface area (Å²) in [5.41, 5.74) is 0.557. The van der Waals surface area contributed by atoms with Crippen molar-refractivity contribution in [3.05, 3.63) is 35.9 Å². The quantitative estimate of drug-likeness (QED) is 0.499. The number of nitrogens with one attached hydrogen (secondary N) is 1. The molecule has 1 aromatic rings. The van der Waals surface area contributed by atoms with Gasteiger partial charge in [-0.05, 0) is 89.0 Å². The Balaban J connectivity index is 1.23. The molecule has 3 aliphatic carbocycles. The van der Waals surface area contributed by atoms with Crippen LogP contribution in [0.25, 0.3) is 0 Å². The Hall–Kier alpha value is -2.06. The van der Waals surface area contributed by atoms with Gasteiger partial charge in [0.1, 0.15) is 5.60 Å². The van der Waals surface area contributed by atoms with E-state index in [0.29, 0.717) is 37.6 Å². The van der Waals surface area contributed by atoms with Gasteiger partial charge in [0.2, 0.25) is 5.91 Å². The van der Waals surface area contributed by atoms with Gasteiger partial charge in [0.05, 0.1) is 17.6 Å². The van der Waals surface area contributed by atoms with Crippen LogP contribution >= 0.6 is 0 Å². The van der Waals surface area contributed by atoms with Crippen LogP contribution in [0, 0.1) is 17.3 Å². The number of carbonyl (C=O) groups excluding carboxylic acids is 2. The molecule has 1 N–H and O–H groups in total. The third-order valence-electron chi connectivity index (χ3n) is 9.65. The van der Waals surface area contributed by atoms with Crippen molar-refractivity contribution < 1.29 is 23.6 Å². The molecule has 2 aliphatic heterocycles. The number of carbonyl (C=O) groups is 2. The van der Waals surface area contributed by atoms with Gasteiger partial charge in [-0.25, -0.2) is 4.79 Å². The molecule has 208 valence electrons. The molecule has 0 radical (unpaired) electrons. The van der Waals surface area contributed by atoms with Gasteiger partial charge in [-0.1, -0.05) is 44.2 Å². The Kier molecular flexibility index (Phi) is 7.36. The van der Waals surface area contributed by atoms with Crippen LogP contribution in [0.3, 0.4) is 0 Å². The van der Waals surface area contributed by atoms with Gasteiger partial charge in [-0.15, -0.1) is 0 Å². The minimum absolute atomic E-state index is 0.0259.